The van der Waals surface area contributed by atoms with Crippen LogP contribution in [0.4, 0.5) is 0 Å². The Hall–Kier alpha value is -1.67. The summed E-state index contributed by atoms with van der Waals surface area (Å²) in [4.78, 5) is 4.02. The highest BCUT2D eigenvalue weighted by Gasteiger charge is 2.33. The zero-order valence-electron chi connectivity index (χ0n) is 10.3. The summed E-state index contributed by atoms with van der Waals surface area (Å²) in [5, 5.41) is 11.0. The Balaban J connectivity index is 1.96. The second-order valence-corrected chi connectivity index (χ2v) is 5.07. The van der Waals surface area contributed by atoms with Gasteiger partial charge in [-0.15, -0.1) is 0 Å². The van der Waals surface area contributed by atoms with E-state index >= 15 is 0 Å². The van der Waals surface area contributed by atoms with Gasteiger partial charge >= 0.3 is 0 Å². The van der Waals surface area contributed by atoms with Crippen molar-refractivity contribution in [1.29, 1.82) is 0 Å². The van der Waals surface area contributed by atoms with Gasteiger partial charge < -0.3 is 5.11 Å². The molecule has 0 bridgehead atoms. The van der Waals surface area contributed by atoms with Gasteiger partial charge in [0.05, 0.1) is 5.60 Å². The van der Waals surface area contributed by atoms with Crippen LogP contribution in [0.25, 0.3) is 0 Å². The van der Waals surface area contributed by atoms with Crippen molar-refractivity contribution < 1.29 is 5.11 Å². The van der Waals surface area contributed by atoms with Crippen LogP contribution >= 0.6 is 0 Å². The van der Waals surface area contributed by atoms with Gasteiger partial charge in [-0.05, 0) is 48.1 Å². The van der Waals surface area contributed by atoms with E-state index in [1.807, 2.05) is 18.2 Å². The van der Waals surface area contributed by atoms with E-state index < -0.39 is 5.60 Å². The highest BCUT2D eigenvalue weighted by Crippen LogP contribution is 2.37. The molecule has 2 heteroatoms. The van der Waals surface area contributed by atoms with Gasteiger partial charge in [0.15, 0.2) is 0 Å². The van der Waals surface area contributed by atoms with Crippen molar-refractivity contribution in [1.82, 2.24) is 4.98 Å². The summed E-state index contributed by atoms with van der Waals surface area (Å²) >= 11 is 0. The van der Waals surface area contributed by atoms with Gasteiger partial charge in [0.2, 0.25) is 0 Å². The fourth-order valence-electron chi connectivity index (χ4n) is 2.92. The number of aliphatic hydroxyl groups is 1. The first-order chi connectivity index (χ1) is 8.78. The summed E-state index contributed by atoms with van der Waals surface area (Å²) < 4.78 is 0. The molecule has 0 saturated carbocycles. The van der Waals surface area contributed by atoms with Crippen molar-refractivity contribution >= 4 is 0 Å². The average Bonchev–Trinajstić information content (AvgIpc) is 2.40. The van der Waals surface area contributed by atoms with Crippen LogP contribution in [-0.4, -0.2) is 10.1 Å². The molecular weight excluding hydrogens is 222 g/mol. The van der Waals surface area contributed by atoms with Gasteiger partial charge in [0.25, 0.3) is 0 Å². The molecule has 0 radical (unpaired) electrons. The van der Waals surface area contributed by atoms with Gasteiger partial charge in [-0.25, -0.2) is 0 Å². The molecule has 1 aromatic carbocycles. The van der Waals surface area contributed by atoms with Crippen molar-refractivity contribution in [2.75, 3.05) is 0 Å². The minimum absolute atomic E-state index is 0.673. The first-order valence-electron chi connectivity index (χ1n) is 6.48. The third-order valence-corrected chi connectivity index (χ3v) is 3.80. The van der Waals surface area contributed by atoms with Crippen LogP contribution in [-0.2, 0) is 18.4 Å². The van der Waals surface area contributed by atoms with E-state index in [0.717, 1.165) is 30.4 Å². The van der Waals surface area contributed by atoms with Gasteiger partial charge in [-0.1, -0.05) is 24.3 Å². The van der Waals surface area contributed by atoms with E-state index in [9.17, 15) is 5.11 Å². The molecule has 2 nitrogen and oxygen atoms in total. The fraction of sp³-hybridized carbons (Fsp3) is 0.312. The van der Waals surface area contributed by atoms with E-state index in [4.69, 9.17) is 0 Å². The first-order valence-corrected chi connectivity index (χ1v) is 6.48. The van der Waals surface area contributed by atoms with Crippen LogP contribution in [0.1, 0.15) is 29.5 Å². The maximum absolute atomic E-state index is 11.0. The molecule has 3 rings (SSSR count). The molecule has 18 heavy (non-hydrogen) atoms. The minimum atomic E-state index is -0.712. The second-order valence-electron chi connectivity index (χ2n) is 5.07. The lowest BCUT2D eigenvalue weighted by Crippen LogP contribution is -2.32. The van der Waals surface area contributed by atoms with Crippen molar-refractivity contribution in [3.05, 3.63) is 65.5 Å². The SMILES string of the molecule is OC1(Cc2ccncc2)CCCc2ccccc21. The predicted octanol–water partition coefficient (Wildman–Crippen LogP) is 2.85. The van der Waals surface area contributed by atoms with Crippen LogP contribution in [0.5, 0.6) is 0 Å². The number of hydrogen-bond donors (Lipinski definition) is 1. The van der Waals surface area contributed by atoms with Crippen LogP contribution in [0.2, 0.25) is 0 Å². The Morgan fingerprint density at radius 1 is 1.11 bits per heavy atom. The average molecular weight is 239 g/mol. The molecule has 1 unspecified atom stereocenters. The molecule has 92 valence electrons. The molecule has 1 aliphatic carbocycles. The van der Waals surface area contributed by atoms with Crippen LogP contribution in [0.15, 0.2) is 48.8 Å². The lowest BCUT2D eigenvalue weighted by Gasteiger charge is -2.34. The number of nitrogens with zero attached hydrogens (tertiary/aromatic N) is 1. The normalized spacial score (nSPS) is 22.5. The smallest absolute Gasteiger partial charge is 0.0939 e. The van der Waals surface area contributed by atoms with Gasteiger partial charge in [-0.2, -0.15) is 0 Å². The molecule has 1 atom stereocenters. The third-order valence-electron chi connectivity index (χ3n) is 3.80. The first kappa shape index (κ1) is 11.4. The molecule has 0 spiro atoms. The molecular formula is C16H17NO. The second kappa shape index (κ2) is 4.54. The van der Waals surface area contributed by atoms with E-state index in [1.54, 1.807) is 12.4 Å². The molecule has 2 aromatic rings. The topological polar surface area (TPSA) is 33.1 Å². The van der Waals surface area contributed by atoms with Crippen LogP contribution in [0, 0.1) is 0 Å². The lowest BCUT2D eigenvalue weighted by molar-refractivity contribution is 0.0190. The number of fused-ring (bicyclic) bond motifs is 1. The summed E-state index contributed by atoms with van der Waals surface area (Å²) in [6.45, 7) is 0. The lowest BCUT2D eigenvalue weighted by atomic mass is 9.76. The maximum Gasteiger partial charge on any atom is 0.0939 e. The van der Waals surface area contributed by atoms with Gasteiger partial charge in [0.1, 0.15) is 0 Å². The zero-order chi connectivity index (χ0) is 12.4. The van der Waals surface area contributed by atoms with Crippen LogP contribution in [0.3, 0.4) is 0 Å². The van der Waals surface area contributed by atoms with E-state index in [2.05, 4.69) is 23.2 Å². The highest BCUT2D eigenvalue weighted by atomic mass is 16.3. The van der Waals surface area contributed by atoms with Gasteiger partial charge in [0, 0.05) is 18.8 Å². The largest absolute Gasteiger partial charge is 0.385 e. The highest BCUT2D eigenvalue weighted by molar-refractivity contribution is 5.36. The number of aromatic nitrogens is 1. The Morgan fingerprint density at radius 2 is 1.89 bits per heavy atom. The molecule has 0 saturated heterocycles. The Bertz CT molecular complexity index is 538. The molecule has 0 aliphatic heterocycles. The molecule has 0 amide bonds. The summed E-state index contributed by atoms with van der Waals surface area (Å²) in [5.74, 6) is 0. The minimum Gasteiger partial charge on any atom is -0.385 e. The number of rotatable bonds is 2. The number of hydrogen-bond acceptors (Lipinski definition) is 2. The number of pyridine rings is 1. The van der Waals surface area contributed by atoms with E-state index in [0.29, 0.717) is 6.42 Å². The Kier molecular flexibility index (Phi) is 2.88. The van der Waals surface area contributed by atoms with E-state index in [1.165, 1.54) is 5.56 Å². The summed E-state index contributed by atoms with van der Waals surface area (Å²) in [7, 11) is 0. The number of aryl methyl sites for hydroxylation is 1. The standard InChI is InChI=1S/C16H17NO/c18-16(12-13-7-10-17-11-8-13)9-3-5-14-4-1-2-6-15(14)16/h1-2,4,6-8,10-11,18H,3,5,9,12H2. The van der Waals surface area contributed by atoms with E-state index in [-0.39, 0.29) is 0 Å². The molecule has 1 aliphatic rings. The van der Waals surface area contributed by atoms with Crippen molar-refractivity contribution in [2.45, 2.75) is 31.3 Å². The zero-order valence-corrected chi connectivity index (χ0v) is 10.3. The summed E-state index contributed by atoms with van der Waals surface area (Å²) in [6, 6.07) is 12.2. The maximum atomic E-state index is 11.0. The number of benzene rings is 1. The molecule has 0 fully saturated rings. The summed E-state index contributed by atoms with van der Waals surface area (Å²) in [5.41, 5.74) is 2.83. The molecule has 1 aromatic heterocycles. The molecule has 1 heterocycles. The van der Waals surface area contributed by atoms with Crippen molar-refractivity contribution in [3.63, 3.8) is 0 Å². The fourth-order valence-corrected chi connectivity index (χ4v) is 2.92. The Morgan fingerprint density at radius 3 is 2.72 bits per heavy atom. The van der Waals surface area contributed by atoms with Crippen molar-refractivity contribution in [3.8, 4) is 0 Å². The monoisotopic (exact) mass is 239 g/mol. The van der Waals surface area contributed by atoms with Crippen molar-refractivity contribution in [2.24, 2.45) is 0 Å². The summed E-state index contributed by atoms with van der Waals surface area (Å²) in [6.07, 6.45) is 7.22. The van der Waals surface area contributed by atoms with Crippen LogP contribution < -0.4 is 0 Å². The Labute approximate surface area is 107 Å². The van der Waals surface area contributed by atoms with Gasteiger partial charge in [-0.3, -0.25) is 4.98 Å². The quantitative estimate of drug-likeness (QED) is 0.874. The predicted molar refractivity (Wildman–Crippen MR) is 71.2 cm³/mol. The third kappa shape index (κ3) is 2.04. The molecule has 1 N–H and O–H groups in total.